The van der Waals surface area contributed by atoms with E-state index < -0.39 is 0 Å². The Morgan fingerprint density at radius 3 is 3.00 bits per heavy atom. The molecule has 2 fully saturated rings. The van der Waals surface area contributed by atoms with E-state index in [9.17, 15) is 9.59 Å². The van der Waals surface area contributed by atoms with Gasteiger partial charge in [-0.05, 0) is 31.8 Å². The molecule has 0 saturated carbocycles. The zero-order chi connectivity index (χ0) is 13.7. The van der Waals surface area contributed by atoms with Crippen molar-refractivity contribution in [3.05, 3.63) is 0 Å². The molecule has 2 aliphatic rings. The van der Waals surface area contributed by atoms with Gasteiger partial charge in [0.05, 0.1) is 5.88 Å². The van der Waals surface area contributed by atoms with Crippen molar-refractivity contribution >= 4 is 23.6 Å². The molecule has 0 aromatic rings. The number of hydrogen-bond donors (Lipinski definition) is 2. The maximum Gasteiger partial charge on any atom is 0.243 e. The monoisotopic (exact) mass is 285 g/mol. The lowest BCUT2D eigenvalue weighted by Crippen LogP contribution is -2.49. The lowest BCUT2D eigenvalue weighted by molar-refractivity contribution is -0.137. The Morgan fingerprint density at radius 1 is 1.47 bits per heavy atom. The molecule has 2 N–H and O–H groups in total. The van der Waals surface area contributed by atoms with Gasteiger partial charge in [0.2, 0.25) is 11.8 Å². The van der Waals surface area contributed by atoms with Crippen molar-refractivity contribution in [3.8, 4) is 0 Å². The van der Waals surface area contributed by atoms with Crippen LogP contribution in [0.4, 0.5) is 0 Å². The van der Waals surface area contributed by atoms with E-state index in [0.29, 0.717) is 18.2 Å². The molecule has 2 rings (SSSR count). The highest BCUT2D eigenvalue weighted by molar-refractivity contribution is 7.99. The minimum atomic E-state index is -0.269. The predicted octanol–water partition coefficient (Wildman–Crippen LogP) is 0.414. The van der Waals surface area contributed by atoms with E-state index in [4.69, 9.17) is 0 Å². The van der Waals surface area contributed by atoms with Crippen molar-refractivity contribution < 1.29 is 9.59 Å². The number of carbonyl (C=O) groups is 2. The fourth-order valence-electron chi connectivity index (χ4n) is 2.57. The maximum atomic E-state index is 12.2. The van der Waals surface area contributed by atoms with Gasteiger partial charge in [0.1, 0.15) is 6.04 Å². The molecule has 108 valence electrons. The van der Waals surface area contributed by atoms with Crippen molar-refractivity contribution in [3.63, 3.8) is 0 Å². The molecular weight excluding hydrogens is 262 g/mol. The molecule has 2 saturated heterocycles. The Kier molecular flexibility index (Phi) is 5.51. The zero-order valence-corrected chi connectivity index (χ0v) is 12.3. The van der Waals surface area contributed by atoms with Crippen LogP contribution in [0.1, 0.15) is 26.2 Å². The normalized spacial score (nSPS) is 27.3. The van der Waals surface area contributed by atoms with Crippen LogP contribution in [0.3, 0.4) is 0 Å². The molecule has 5 nitrogen and oxygen atoms in total. The maximum absolute atomic E-state index is 12.2. The molecule has 0 aliphatic carbocycles. The van der Waals surface area contributed by atoms with E-state index in [1.54, 1.807) is 16.7 Å². The fourth-order valence-corrected chi connectivity index (χ4v) is 3.75. The third-order valence-electron chi connectivity index (χ3n) is 3.77. The van der Waals surface area contributed by atoms with Gasteiger partial charge in [-0.15, -0.1) is 11.8 Å². The summed E-state index contributed by atoms with van der Waals surface area (Å²) < 4.78 is 0. The average molecular weight is 285 g/mol. The molecule has 0 radical (unpaired) electrons. The van der Waals surface area contributed by atoms with E-state index in [1.165, 1.54) is 12.8 Å². The zero-order valence-electron chi connectivity index (χ0n) is 11.5. The van der Waals surface area contributed by atoms with Crippen molar-refractivity contribution in [1.29, 1.82) is 0 Å². The van der Waals surface area contributed by atoms with Crippen LogP contribution in [0.25, 0.3) is 0 Å². The molecule has 2 atom stereocenters. The Hall–Kier alpha value is -0.750. The Balaban J connectivity index is 1.79. The number of rotatable bonds is 4. The van der Waals surface area contributed by atoms with Crippen LogP contribution in [-0.4, -0.2) is 54.0 Å². The Bertz CT molecular complexity index is 332. The van der Waals surface area contributed by atoms with Gasteiger partial charge in [-0.3, -0.25) is 9.59 Å². The second-order valence-corrected chi connectivity index (χ2v) is 6.19. The largest absolute Gasteiger partial charge is 0.354 e. The lowest BCUT2D eigenvalue weighted by atomic mass is 10.00. The minimum Gasteiger partial charge on any atom is -0.354 e. The van der Waals surface area contributed by atoms with Gasteiger partial charge in [-0.1, -0.05) is 6.92 Å². The molecular formula is C13H23N3O2S. The summed E-state index contributed by atoms with van der Waals surface area (Å²) in [5.74, 6) is 1.99. The van der Waals surface area contributed by atoms with Gasteiger partial charge in [-0.2, -0.15) is 0 Å². The number of nitrogens with one attached hydrogen (secondary N) is 2. The molecule has 0 aromatic heterocycles. The summed E-state index contributed by atoms with van der Waals surface area (Å²) >= 11 is 1.66. The lowest BCUT2D eigenvalue weighted by Gasteiger charge is -2.26. The topological polar surface area (TPSA) is 61.4 Å². The molecule has 2 unspecified atom stereocenters. The van der Waals surface area contributed by atoms with Gasteiger partial charge >= 0.3 is 0 Å². The highest BCUT2D eigenvalue weighted by atomic mass is 32.2. The molecule has 0 bridgehead atoms. The van der Waals surface area contributed by atoms with Gasteiger partial charge in [-0.25, -0.2) is 0 Å². The molecule has 2 aliphatic heterocycles. The second-order valence-electron chi connectivity index (χ2n) is 5.19. The number of piperidine rings is 1. The number of thioether (sulfide) groups is 1. The Labute approximate surface area is 118 Å². The SMILES string of the molecule is CCC(=O)N1CSCC1C(=O)NCC1CCCNC1. The number of nitrogens with zero attached hydrogens (tertiary/aromatic N) is 1. The van der Waals surface area contributed by atoms with E-state index in [-0.39, 0.29) is 17.9 Å². The number of carbonyl (C=O) groups excluding carboxylic acids is 2. The van der Waals surface area contributed by atoms with E-state index in [0.717, 1.165) is 25.4 Å². The van der Waals surface area contributed by atoms with Crippen LogP contribution < -0.4 is 10.6 Å². The highest BCUT2D eigenvalue weighted by Crippen LogP contribution is 2.21. The van der Waals surface area contributed by atoms with Gasteiger partial charge in [0, 0.05) is 18.7 Å². The van der Waals surface area contributed by atoms with Crippen molar-refractivity contribution in [2.24, 2.45) is 5.92 Å². The summed E-state index contributed by atoms with van der Waals surface area (Å²) in [5.41, 5.74) is 0. The smallest absolute Gasteiger partial charge is 0.243 e. The van der Waals surface area contributed by atoms with Crippen molar-refractivity contribution in [1.82, 2.24) is 15.5 Å². The van der Waals surface area contributed by atoms with Crippen molar-refractivity contribution in [2.75, 3.05) is 31.3 Å². The van der Waals surface area contributed by atoms with E-state index >= 15 is 0 Å². The first-order chi connectivity index (χ1) is 9.22. The second kappa shape index (κ2) is 7.14. The minimum absolute atomic E-state index is 0.0115. The molecule has 19 heavy (non-hydrogen) atoms. The third-order valence-corrected chi connectivity index (χ3v) is 4.78. The van der Waals surface area contributed by atoms with E-state index in [1.807, 2.05) is 6.92 Å². The van der Waals surface area contributed by atoms with Crippen LogP contribution in [0.5, 0.6) is 0 Å². The first-order valence-electron chi connectivity index (χ1n) is 7.08. The molecule has 2 heterocycles. The van der Waals surface area contributed by atoms with Gasteiger partial charge < -0.3 is 15.5 Å². The summed E-state index contributed by atoms with van der Waals surface area (Å²) in [5, 5.41) is 6.36. The molecule has 0 aromatic carbocycles. The quantitative estimate of drug-likeness (QED) is 0.785. The van der Waals surface area contributed by atoms with Crippen molar-refractivity contribution in [2.45, 2.75) is 32.2 Å². The third kappa shape index (κ3) is 3.86. The first kappa shape index (κ1) is 14.7. The summed E-state index contributed by atoms with van der Waals surface area (Å²) in [6, 6.07) is -0.269. The predicted molar refractivity (Wildman–Crippen MR) is 76.9 cm³/mol. The van der Waals surface area contributed by atoms with Crippen LogP contribution in [0.15, 0.2) is 0 Å². The van der Waals surface area contributed by atoms with Crippen LogP contribution in [0, 0.1) is 5.92 Å². The molecule has 0 spiro atoms. The summed E-state index contributed by atoms with van der Waals surface area (Å²) in [7, 11) is 0. The standard InChI is InChI=1S/C13H23N3O2S/c1-2-12(17)16-9-19-8-11(16)13(18)15-7-10-4-3-5-14-6-10/h10-11,14H,2-9H2,1H3,(H,15,18). The number of amides is 2. The molecule has 2 amide bonds. The van der Waals surface area contributed by atoms with Gasteiger partial charge in [0.15, 0.2) is 0 Å². The van der Waals surface area contributed by atoms with Gasteiger partial charge in [0.25, 0.3) is 0 Å². The fraction of sp³-hybridized carbons (Fsp3) is 0.846. The van der Waals surface area contributed by atoms with Crippen LogP contribution in [-0.2, 0) is 9.59 Å². The number of hydrogen-bond acceptors (Lipinski definition) is 4. The van der Waals surface area contributed by atoms with Crippen LogP contribution in [0.2, 0.25) is 0 Å². The Morgan fingerprint density at radius 2 is 2.32 bits per heavy atom. The summed E-state index contributed by atoms with van der Waals surface area (Å²) in [6.45, 7) is 4.63. The van der Waals surface area contributed by atoms with Crippen LogP contribution >= 0.6 is 11.8 Å². The summed E-state index contributed by atoms with van der Waals surface area (Å²) in [6.07, 6.45) is 2.82. The highest BCUT2D eigenvalue weighted by Gasteiger charge is 2.33. The first-order valence-corrected chi connectivity index (χ1v) is 8.23. The average Bonchev–Trinajstić information content (AvgIpc) is 2.94. The van der Waals surface area contributed by atoms with E-state index in [2.05, 4.69) is 10.6 Å². The summed E-state index contributed by atoms with van der Waals surface area (Å²) in [4.78, 5) is 25.6. The molecule has 6 heteroatoms.